The fourth-order valence-electron chi connectivity index (χ4n) is 3.09. The summed E-state index contributed by atoms with van der Waals surface area (Å²) in [6.45, 7) is 7.26. The van der Waals surface area contributed by atoms with Gasteiger partial charge < -0.3 is 15.0 Å². The first kappa shape index (κ1) is 18.2. The molecule has 0 atom stereocenters. The second kappa shape index (κ2) is 9.85. The molecule has 2 amide bonds. The molecule has 7 heteroatoms. The van der Waals surface area contributed by atoms with Gasteiger partial charge in [-0.3, -0.25) is 19.4 Å². The van der Waals surface area contributed by atoms with E-state index in [9.17, 15) is 9.59 Å². The Morgan fingerprint density at radius 3 is 2.13 bits per heavy atom. The smallest absolute Gasteiger partial charge is 0.236 e. The Morgan fingerprint density at radius 1 is 0.913 bits per heavy atom. The Kier molecular flexibility index (Phi) is 7.78. The van der Waals surface area contributed by atoms with Crippen molar-refractivity contribution >= 4 is 11.8 Å². The van der Waals surface area contributed by atoms with Crippen molar-refractivity contribution in [2.45, 2.75) is 19.3 Å². The van der Waals surface area contributed by atoms with E-state index in [0.29, 0.717) is 26.2 Å². The quantitative estimate of drug-likeness (QED) is 0.632. The maximum absolute atomic E-state index is 12.3. The van der Waals surface area contributed by atoms with E-state index >= 15 is 0 Å². The molecule has 0 bridgehead atoms. The summed E-state index contributed by atoms with van der Waals surface area (Å²) in [5.41, 5.74) is 0. The summed E-state index contributed by atoms with van der Waals surface area (Å²) in [6, 6.07) is 0. The summed E-state index contributed by atoms with van der Waals surface area (Å²) >= 11 is 0. The molecule has 2 saturated heterocycles. The van der Waals surface area contributed by atoms with Crippen LogP contribution in [0.25, 0.3) is 0 Å². The highest BCUT2D eigenvalue weighted by atomic mass is 16.5. The van der Waals surface area contributed by atoms with Crippen LogP contribution in [0.3, 0.4) is 0 Å². The molecule has 1 N–H and O–H groups in total. The third kappa shape index (κ3) is 6.45. The minimum absolute atomic E-state index is 0.0416. The van der Waals surface area contributed by atoms with Gasteiger partial charge in [0.05, 0.1) is 19.7 Å². The largest absolute Gasteiger partial charge is 0.383 e. The summed E-state index contributed by atoms with van der Waals surface area (Å²) in [6.07, 6.45) is 3.52. The lowest BCUT2D eigenvalue weighted by atomic mass is 10.1. The number of hydrogen-bond acceptors (Lipinski definition) is 5. The Morgan fingerprint density at radius 2 is 1.52 bits per heavy atom. The first-order valence-corrected chi connectivity index (χ1v) is 8.67. The summed E-state index contributed by atoms with van der Waals surface area (Å²) in [5.74, 6) is 0.301. The van der Waals surface area contributed by atoms with Crippen molar-refractivity contribution in [2.75, 3.05) is 72.6 Å². The van der Waals surface area contributed by atoms with Gasteiger partial charge in [0, 0.05) is 52.9 Å². The number of piperazine rings is 1. The number of amides is 2. The normalized spacial score (nSPS) is 20.5. The first-order valence-electron chi connectivity index (χ1n) is 8.67. The minimum atomic E-state index is 0.0416. The molecule has 0 aromatic carbocycles. The zero-order valence-electron chi connectivity index (χ0n) is 14.3. The highest BCUT2D eigenvalue weighted by molar-refractivity contribution is 5.78. The minimum Gasteiger partial charge on any atom is -0.383 e. The third-order valence-corrected chi connectivity index (χ3v) is 4.53. The standard InChI is InChI=1S/C16H30N4O3/c1-23-12-5-17-15(21)13-18-8-10-19(11-9-18)14-16(22)20-6-3-2-4-7-20/h2-14H2,1H3,(H,17,21). The molecule has 0 aromatic heterocycles. The highest BCUT2D eigenvalue weighted by Gasteiger charge is 2.23. The number of nitrogens with one attached hydrogen (secondary N) is 1. The number of nitrogens with zero attached hydrogens (tertiary/aromatic N) is 3. The highest BCUT2D eigenvalue weighted by Crippen LogP contribution is 2.10. The number of carbonyl (C=O) groups is 2. The number of carbonyl (C=O) groups excluding carboxylic acids is 2. The number of ether oxygens (including phenoxy) is 1. The van der Waals surface area contributed by atoms with Crippen molar-refractivity contribution in [2.24, 2.45) is 0 Å². The van der Waals surface area contributed by atoms with E-state index in [2.05, 4.69) is 15.1 Å². The van der Waals surface area contributed by atoms with Crippen molar-refractivity contribution in [3.63, 3.8) is 0 Å². The van der Waals surface area contributed by atoms with Crippen molar-refractivity contribution in [1.29, 1.82) is 0 Å². The number of hydrogen-bond donors (Lipinski definition) is 1. The van der Waals surface area contributed by atoms with Crippen LogP contribution in [-0.2, 0) is 14.3 Å². The lowest BCUT2D eigenvalue weighted by Crippen LogP contribution is -2.52. The Bertz CT molecular complexity index is 378. The van der Waals surface area contributed by atoms with Gasteiger partial charge in [0.1, 0.15) is 0 Å². The van der Waals surface area contributed by atoms with Crippen LogP contribution in [0.5, 0.6) is 0 Å². The van der Waals surface area contributed by atoms with Gasteiger partial charge in [-0.25, -0.2) is 0 Å². The predicted molar refractivity (Wildman–Crippen MR) is 88.2 cm³/mol. The van der Waals surface area contributed by atoms with Crippen molar-refractivity contribution < 1.29 is 14.3 Å². The Hall–Kier alpha value is -1.18. The topological polar surface area (TPSA) is 65.1 Å². The summed E-state index contributed by atoms with van der Waals surface area (Å²) in [4.78, 5) is 30.4. The number of rotatable bonds is 7. The summed E-state index contributed by atoms with van der Waals surface area (Å²) < 4.78 is 4.91. The lowest BCUT2D eigenvalue weighted by Gasteiger charge is -2.35. The SMILES string of the molecule is COCCNC(=O)CN1CCN(CC(=O)N2CCCCC2)CC1. The molecule has 2 rings (SSSR count). The lowest BCUT2D eigenvalue weighted by molar-refractivity contribution is -0.134. The van der Waals surface area contributed by atoms with Crippen LogP contribution in [0.15, 0.2) is 0 Å². The molecule has 23 heavy (non-hydrogen) atoms. The molecule has 2 heterocycles. The number of piperidine rings is 1. The van der Waals surface area contributed by atoms with Crippen LogP contribution in [0.4, 0.5) is 0 Å². The first-order chi connectivity index (χ1) is 11.2. The van der Waals surface area contributed by atoms with Crippen molar-refractivity contribution in [3.05, 3.63) is 0 Å². The molecule has 2 fully saturated rings. The zero-order chi connectivity index (χ0) is 16.5. The second-order valence-corrected chi connectivity index (χ2v) is 6.34. The van der Waals surface area contributed by atoms with Crippen LogP contribution in [0, 0.1) is 0 Å². The van der Waals surface area contributed by atoms with Gasteiger partial charge in [-0.15, -0.1) is 0 Å². The van der Waals surface area contributed by atoms with Crippen molar-refractivity contribution in [3.8, 4) is 0 Å². The van der Waals surface area contributed by atoms with Gasteiger partial charge >= 0.3 is 0 Å². The molecule has 2 aliphatic rings. The molecule has 0 spiro atoms. The van der Waals surface area contributed by atoms with Crippen LogP contribution in [0.1, 0.15) is 19.3 Å². The van der Waals surface area contributed by atoms with E-state index in [1.54, 1.807) is 7.11 Å². The van der Waals surface area contributed by atoms with Gasteiger partial charge in [0.25, 0.3) is 0 Å². The molecule has 0 aliphatic carbocycles. The molecule has 0 aromatic rings. The van der Waals surface area contributed by atoms with E-state index in [4.69, 9.17) is 4.74 Å². The van der Waals surface area contributed by atoms with Crippen LogP contribution >= 0.6 is 0 Å². The molecule has 0 radical (unpaired) electrons. The molecular formula is C16H30N4O3. The fourth-order valence-corrected chi connectivity index (χ4v) is 3.09. The van der Waals surface area contributed by atoms with Crippen LogP contribution < -0.4 is 5.32 Å². The third-order valence-electron chi connectivity index (χ3n) is 4.53. The zero-order valence-corrected chi connectivity index (χ0v) is 14.3. The summed E-state index contributed by atoms with van der Waals surface area (Å²) in [7, 11) is 1.62. The van der Waals surface area contributed by atoms with Crippen LogP contribution in [0.2, 0.25) is 0 Å². The molecule has 2 aliphatic heterocycles. The van der Waals surface area contributed by atoms with E-state index in [1.165, 1.54) is 6.42 Å². The summed E-state index contributed by atoms with van der Waals surface area (Å²) in [5, 5.41) is 2.84. The molecule has 0 unspecified atom stereocenters. The number of methoxy groups -OCH3 is 1. The van der Waals surface area contributed by atoms with Gasteiger partial charge in [0.2, 0.25) is 11.8 Å². The van der Waals surface area contributed by atoms with E-state index in [-0.39, 0.29) is 11.8 Å². The molecular weight excluding hydrogens is 296 g/mol. The average molecular weight is 326 g/mol. The van der Waals surface area contributed by atoms with Gasteiger partial charge in [-0.1, -0.05) is 0 Å². The van der Waals surface area contributed by atoms with Crippen LogP contribution in [-0.4, -0.2) is 99.1 Å². The molecule has 7 nitrogen and oxygen atoms in total. The van der Waals surface area contributed by atoms with E-state index < -0.39 is 0 Å². The Labute approximate surface area is 138 Å². The predicted octanol–water partition coefficient (Wildman–Crippen LogP) is -0.621. The van der Waals surface area contributed by atoms with Gasteiger partial charge in [-0.05, 0) is 19.3 Å². The van der Waals surface area contributed by atoms with Gasteiger partial charge in [0.15, 0.2) is 0 Å². The maximum atomic E-state index is 12.3. The number of likely N-dealkylation sites (tertiary alicyclic amines) is 1. The monoisotopic (exact) mass is 326 g/mol. The molecule has 132 valence electrons. The molecule has 0 saturated carbocycles. The second-order valence-electron chi connectivity index (χ2n) is 6.34. The average Bonchev–Trinajstić information content (AvgIpc) is 2.57. The van der Waals surface area contributed by atoms with Crippen molar-refractivity contribution in [1.82, 2.24) is 20.0 Å². The van der Waals surface area contributed by atoms with E-state index in [0.717, 1.165) is 52.1 Å². The van der Waals surface area contributed by atoms with E-state index in [1.807, 2.05) is 4.90 Å². The fraction of sp³-hybridized carbons (Fsp3) is 0.875. The van der Waals surface area contributed by atoms with Gasteiger partial charge in [-0.2, -0.15) is 0 Å². The maximum Gasteiger partial charge on any atom is 0.236 e. The Balaban J connectivity index is 1.61.